The molecule has 0 aliphatic heterocycles. The van der Waals surface area contributed by atoms with E-state index in [0.29, 0.717) is 12.8 Å². The van der Waals surface area contributed by atoms with E-state index < -0.39 is 54.4 Å². The van der Waals surface area contributed by atoms with Crippen LogP contribution in [0.2, 0.25) is 0 Å². The highest BCUT2D eigenvalue weighted by atomic mass is 16.4. The van der Waals surface area contributed by atoms with Crippen LogP contribution in [0.5, 0.6) is 0 Å². The zero-order valence-corrected chi connectivity index (χ0v) is 14.9. The Hall–Kier alpha value is -2.24. The molecule has 0 aromatic rings. The number of aliphatic hydroxyl groups is 1. The summed E-state index contributed by atoms with van der Waals surface area (Å²) in [5.41, 5.74) is 5.75. The third-order valence-electron chi connectivity index (χ3n) is 3.58. The maximum absolute atomic E-state index is 12.1. The normalized spacial score (nSPS) is 15.4. The first-order valence-electron chi connectivity index (χ1n) is 8.23. The predicted molar refractivity (Wildman–Crippen MR) is 91.2 cm³/mol. The van der Waals surface area contributed by atoms with Crippen molar-refractivity contribution in [3.63, 3.8) is 0 Å². The van der Waals surface area contributed by atoms with Gasteiger partial charge in [-0.25, -0.2) is 4.79 Å². The summed E-state index contributed by atoms with van der Waals surface area (Å²) in [6, 6.07) is -4.04. The van der Waals surface area contributed by atoms with Gasteiger partial charge in [-0.1, -0.05) is 6.42 Å². The number of rotatable bonds is 13. The molecular formula is C15H28N4O7. The quantitative estimate of drug-likeness (QED) is 0.172. The number of hydrogen-bond donors (Lipinski definition) is 7. The third kappa shape index (κ3) is 9.30. The zero-order valence-electron chi connectivity index (χ0n) is 14.9. The maximum atomic E-state index is 12.1. The van der Waals surface area contributed by atoms with Crippen molar-refractivity contribution >= 4 is 23.8 Å². The molecule has 0 heterocycles. The van der Waals surface area contributed by atoms with Crippen LogP contribution in [0, 0.1) is 0 Å². The summed E-state index contributed by atoms with van der Waals surface area (Å²) in [6.45, 7) is 2.00. The molecule has 26 heavy (non-hydrogen) atoms. The molecule has 11 heteroatoms. The van der Waals surface area contributed by atoms with E-state index in [1.807, 2.05) is 5.32 Å². The summed E-state index contributed by atoms with van der Waals surface area (Å²) in [6.07, 6.45) is -0.312. The van der Waals surface area contributed by atoms with E-state index in [-0.39, 0.29) is 0 Å². The van der Waals surface area contributed by atoms with Gasteiger partial charge in [-0.15, -0.1) is 0 Å². The van der Waals surface area contributed by atoms with Crippen molar-refractivity contribution in [3.05, 3.63) is 0 Å². The molecule has 0 bridgehead atoms. The number of carbonyl (C=O) groups excluding carboxylic acids is 2. The predicted octanol–water partition coefficient (Wildman–Crippen LogP) is -2.39. The average molecular weight is 376 g/mol. The Labute approximate surface area is 151 Å². The van der Waals surface area contributed by atoms with Crippen molar-refractivity contribution in [2.45, 2.75) is 56.8 Å². The smallest absolute Gasteiger partial charge is 0.326 e. The summed E-state index contributed by atoms with van der Waals surface area (Å²) < 4.78 is 0. The molecule has 0 saturated carbocycles. The van der Waals surface area contributed by atoms with Crippen molar-refractivity contribution in [1.82, 2.24) is 16.0 Å². The monoisotopic (exact) mass is 376 g/mol. The van der Waals surface area contributed by atoms with Crippen LogP contribution in [0.15, 0.2) is 0 Å². The van der Waals surface area contributed by atoms with E-state index in [4.69, 9.17) is 15.9 Å². The fourth-order valence-corrected chi connectivity index (χ4v) is 2.10. The lowest BCUT2D eigenvalue weighted by atomic mass is 10.1. The minimum Gasteiger partial charge on any atom is -0.481 e. The zero-order chi connectivity index (χ0) is 20.3. The highest BCUT2D eigenvalue weighted by molar-refractivity contribution is 5.93. The Morgan fingerprint density at radius 3 is 2.12 bits per heavy atom. The van der Waals surface area contributed by atoms with Crippen molar-refractivity contribution in [3.8, 4) is 0 Å². The molecule has 11 nitrogen and oxygen atoms in total. The first kappa shape index (κ1) is 23.8. The molecular weight excluding hydrogens is 348 g/mol. The first-order chi connectivity index (χ1) is 12.1. The highest BCUT2D eigenvalue weighted by Crippen LogP contribution is 2.02. The summed E-state index contributed by atoms with van der Waals surface area (Å²) in [7, 11) is 1.80. The van der Waals surface area contributed by atoms with Crippen LogP contribution < -0.4 is 21.7 Å². The molecule has 8 N–H and O–H groups in total. The van der Waals surface area contributed by atoms with Gasteiger partial charge in [-0.3, -0.25) is 14.4 Å². The minimum absolute atomic E-state index is 0.373. The van der Waals surface area contributed by atoms with Gasteiger partial charge >= 0.3 is 11.9 Å². The molecule has 0 unspecified atom stereocenters. The number of carboxylic acid groups (broad SMARTS) is 2. The topological polar surface area (TPSA) is 191 Å². The summed E-state index contributed by atoms with van der Waals surface area (Å²) in [4.78, 5) is 45.9. The standard InChI is InChI=1S/C15H28N4O7/c1-8(20)12(14(24)18-10(15(25)26)7-11(21)22)19-13(23)9(16)5-3-4-6-17-2/h8-10,12,17,20H,3-7,16H2,1-2H3,(H,18,24)(H,19,23)(H,21,22)(H,25,26)/t8-,9+,10+,12+/m1/s1. The van der Waals surface area contributed by atoms with Crippen LogP contribution in [-0.2, 0) is 19.2 Å². The molecule has 0 rings (SSSR count). The Kier molecular flexibility index (Phi) is 11.1. The summed E-state index contributed by atoms with van der Waals surface area (Å²) in [5, 5.41) is 34.6. The molecule has 2 amide bonds. The molecule has 0 saturated heterocycles. The lowest BCUT2D eigenvalue weighted by molar-refractivity contribution is -0.147. The molecule has 0 aromatic heterocycles. The lowest BCUT2D eigenvalue weighted by Gasteiger charge is -2.24. The Morgan fingerprint density at radius 1 is 1.04 bits per heavy atom. The largest absolute Gasteiger partial charge is 0.481 e. The van der Waals surface area contributed by atoms with E-state index in [0.717, 1.165) is 13.0 Å². The van der Waals surface area contributed by atoms with Gasteiger partial charge in [0.25, 0.3) is 0 Å². The Morgan fingerprint density at radius 2 is 1.65 bits per heavy atom. The number of amides is 2. The molecule has 0 aliphatic rings. The van der Waals surface area contributed by atoms with Crippen molar-refractivity contribution in [1.29, 1.82) is 0 Å². The van der Waals surface area contributed by atoms with Gasteiger partial charge in [0, 0.05) is 0 Å². The number of unbranched alkanes of at least 4 members (excludes halogenated alkanes) is 1. The second kappa shape index (κ2) is 12.2. The van der Waals surface area contributed by atoms with Gasteiger partial charge in [0.15, 0.2) is 0 Å². The Balaban J connectivity index is 4.79. The van der Waals surface area contributed by atoms with Gasteiger partial charge < -0.3 is 37.0 Å². The van der Waals surface area contributed by atoms with Crippen LogP contribution in [0.3, 0.4) is 0 Å². The highest BCUT2D eigenvalue weighted by Gasteiger charge is 2.31. The molecule has 0 aromatic carbocycles. The van der Waals surface area contributed by atoms with Gasteiger partial charge in [-0.05, 0) is 33.4 Å². The van der Waals surface area contributed by atoms with Gasteiger partial charge in [0.2, 0.25) is 11.8 Å². The van der Waals surface area contributed by atoms with Crippen LogP contribution in [0.1, 0.15) is 32.6 Å². The lowest BCUT2D eigenvalue weighted by Crippen LogP contribution is -2.58. The van der Waals surface area contributed by atoms with Crippen molar-refractivity contribution in [2.24, 2.45) is 5.73 Å². The average Bonchev–Trinajstić information content (AvgIpc) is 2.54. The van der Waals surface area contributed by atoms with Crippen LogP contribution >= 0.6 is 0 Å². The van der Waals surface area contributed by atoms with E-state index >= 15 is 0 Å². The van der Waals surface area contributed by atoms with Crippen molar-refractivity contribution < 1.29 is 34.5 Å². The first-order valence-corrected chi connectivity index (χ1v) is 8.23. The van der Waals surface area contributed by atoms with Gasteiger partial charge in [-0.2, -0.15) is 0 Å². The molecule has 0 radical (unpaired) electrons. The second-order valence-corrected chi connectivity index (χ2v) is 5.93. The van der Waals surface area contributed by atoms with E-state index in [2.05, 4.69) is 10.6 Å². The summed E-state index contributed by atoms with van der Waals surface area (Å²) >= 11 is 0. The number of nitrogens with one attached hydrogen (secondary N) is 3. The summed E-state index contributed by atoms with van der Waals surface area (Å²) in [5.74, 6) is -4.64. The van der Waals surface area contributed by atoms with E-state index in [9.17, 15) is 24.3 Å². The number of aliphatic hydroxyl groups excluding tert-OH is 1. The minimum atomic E-state index is -1.69. The number of aliphatic carboxylic acids is 2. The van der Waals surface area contributed by atoms with Crippen LogP contribution in [-0.4, -0.2) is 76.9 Å². The number of nitrogens with two attached hydrogens (primary N) is 1. The number of carbonyl (C=O) groups is 4. The van der Waals surface area contributed by atoms with E-state index in [1.54, 1.807) is 7.05 Å². The SMILES string of the molecule is CNCCCC[C@H](N)C(=O)N[C@H](C(=O)N[C@@H](CC(=O)O)C(=O)O)[C@@H](C)O. The van der Waals surface area contributed by atoms with Gasteiger partial charge in [0.1, 0.15) is 12.1 Å². The Bertz CT molecular complexity index is 498. The van der Waals surface area contributed by atoms with Crippen molar-refractivity contribution in [2.75, 3.05) is 13.6 Å². The molecule has 0 fully saturated rings. The fourth-order valence-electron chi connectivity index (χ4n) is 2.10. The fraction of sp³-hybridized carbons (Fsp3) is 0.733. The molecule has 0 spiro atoms. The number of carboxylic acids is 2. The van der Waals surface area contributed by atoms with Gasteiger partial charge in [0.05, 0.1) is 18.6 Å². The van der Waals surface area contributed by atoms with E-state index in [1.165, 1.54) is 6.92 Å². The van der Waals surface area contributed by atoms with Crippen LogP contribution in [0.4, 0.5) is 0 Å². The second-order valence-electron chi connectivity index (χ2n) is 5.93. The third-order valence-corrected chi connectivity index (χ3v) is 3.58. The molecule has 150 valence electrons. The molecule has 0 aliphatic carbocycles. The maximum Gasteiger partial charge on any atom is 0.326 e. The number of hydrogen-bond acceptors (Lipinski definition) is 7. The van der Waals surface area contributed by atoms with Crippen LogP contribution in [0.25, 0.3) is 0 Å². The molecule has 4 atom stereocenters.